The van der Waals surface area contributed by atoms with Crippen LogP contribution in [0.3, 0.4) is 0 Å². The van der Waals surface area contributed by atoms with Gasteiger partial charge in [0.05, 0.1) is 0 Å². The zero-order chi connectivity index (χ0) is 5.40. The molecule has 0 aromatic rings. The van der Waals surface area contributed by atoms with Gasteiger partial charge in [-0.2, -0.15) is 30.2 Å². The van der Waals surface area contributed by atoms with Crippen molar-refractivity contribution in [1.82, 2.24) is 0 Å². The third-order valence-corrected chi connectivity index (χ3v) is 1.85. The van der Waals surface area contributed by atoms with Crippen LogP contribution in [0.15, 0.2) is 24.3 Å². The molecular formula is C8H9Ti-. The summed E-state index contributed by atoms with van der Waals surface area (Å²) in [6.07, 6.45) is 11.6. The Hall–Kier alpha value is 0.0643. The molecule has 0 radical (unpaired) electrons. The standard InChI is InChI=1S/C8H9.Ti/c1-2-7-4-5-8(3-1)6-7;/h1-2,4-5,8H,3,6H2;/q-1;. The molecule has 2 aliphatic carbocycles. The Morgan fingerprint density at radius 2 is 2.22 bits per heavy atom. The van der Waals surface area contributed by atoms with E-state index in [9.17, 15) is 0 Å². The first kappa shape index (κ1) is 7.17. The van der Waals surface area contributed by atoms with Gasteiger partial charge in [0.1, 0.15) is 0 Å². The first-order valence-electron chi connectivity index (χ1n) is 3.16. The van der Waals surface area contributed by atoms with Gasteiger partial charge in [-0.05, 0) is 0 Å². The second-order valence-corrected chi connectivity index (χ2v) is 2.54. The van der Waals surface area contributed by atoms with Crippen LogP contribution >= 0.6 is 0 Å². The molecule has 0 fully saturated rings. The molecule has 46 valence electrons. The van der Waals surface area contributed by atoms with Crippen molar-refractivity contribution in [3.8, 4) is 0 Å². The molecule has 2 aliphatic rings. The normalized spacial score (nSPS) is 28.4. The van der Waals surface area contributed by atoms with E-state index in [1.165, 1.54) is 18.8 Å². The molecule has 1 heteroatoms. The summed E-state index contributed by atoms with van der Waals surface area (Å²) >= 11 is 0. The molecule has 2 rings (SSSR count). The zero-order valence-corrected chi connectivity index (χ0v) is 6.86. The molecule has 0 amide bonds. The Balaban J connectivity index is 0.000000405. The van der Waals surface area contributed by atoms with Crippen molar-refractivity contribution in [2.24, 2.45) is 5.92 Å². The van der Waals surface area contributed by atoms with Gasteiger partial charge >= 0.3 is 0 Å². The molecule has 0 aromatic heterocycles. The minimum Gasteiger partial charge on any atom is -0.179 e. The maximum Gasteiger partial charge on any atom is 0 e. The third-order valence-electron chi connectivity index (χ3n) is 1.85. The van der Waals surface area contributed by atoms with Crippen molar-refractivity contribution < 1.29 is 21.7 Å². The molecule has 0 aliphatic heterocycles. The molecule has 0 aromatic carbocycles. The number of hydrogen-bond acceptors (Lipinski definition) is 0. The molecule has 0 N–H and O–H groups in total. The second-order valence-electron chi connectivity index (χ2n) is 2.54. The van der Waals surface area contributed by atoms with Crippen molar-refractivity contribution in [3.05, 3.63) is 30.2 Å². The van der Waals surface area contributed by atoms with Crippen LogP contribution in [0.4, 0.5) is 0 Å². The number of rotatable bonds is 0. The van der Waals surface area contributed by atoms with Crippen LogP contribution in [0, 0.1) is 11.8 Å². The number of hydrogen-bond donors (Lipinski definition) is 0. The SMILES string of the molecule is C1=C[C-]2C=CC(C1)C2.[Ti]. The van der Waals surface area contributed by atoms with E-state index >= 15 is 0 Å². The van der Waals surface area contributed by atoms with Crippen molar-refractivity contribution >= 4 is 0 Å². The van der Waals surface area contributed by atoms with E-state index in [0.29, 0.717) is 0 Å². The van der Waals surface area contributed by atoms with E-state index in [-0.39, 0.29) is 21.7 Å². The van der Waals surface area contributed by atoms with Gasteiger partial charge in [0, 0.05) is 21.7 Å². The predicted octanol–water partition coefficient (Wildman–Crippen LogP) is 2.09. The summed E-state index contributed by atoms with van der Waals surface area (Å²) in [5.74, 6) is 2.37. The van der Waals surface area contributed by atoms with Gasteiger partial charge < -0.3 is 0 Å². The van der Waals surface area contributed by atoms with E-state index in [1.54, 1.807) is 0 Å². The summed E-state index contributed by atoms with van der Waals surface area (Å²) in [4.78, 5) is 0. The van der Waals surface area contributed by atoms with Crippen LogP contribution in [-0.4, -0.2) is 0 Å². The van der Waals surface area contributed by atoms with Crippen LogP contribution in [0.5, 0.6) is 0 Å². The van der Waals surface area contributed by atoms with Gasteiger partial charge in [-0.3, -0.25) is 0 Å². The van der Waals surface area contributed by atoms with Crippen molar-refractivity contribution in [3.63, 3.8) is 0 Å². The topological polar surface area (TPSA) is 0 Å². The number of fused-ring (bicyclic) bond motifs is 2. The summed E-state index contributed by atoms with van der Waals surface area (Å²) in [6.45, 7) is 0. The molecule has 1 atom stereocenters. The molecule has 1 unspecified atom stereocenters. The average Bonchev–Trinajstić information content (AvgIpc) is 2.12. The maximum atomic E-state index is 2.31. The Labute approximate surface area is 70.9 Å². The van der Waals surface area contributed by atoms with Crippen LogP contribution in [0.2, 0.25) is 0 Å². The summed E-state index contributed by atoms with van der Waals surface area (Å²) in [6, 6.07) is 0. The van der Waals surface area contributed by atoms with Crippen LogP contribution in [0.25, 0.3) is 0 Å². The van der Waals surface area contributed by atoms with E-state index in [0.717, 1.165) is 5.92 Å². The third kappa shape index (κ3) is 1.31. The Bertz CT molecular complexity index is 145. The Morgan fingerprint density at radius 3 is 2.89 bits per heavy atom. The minimum atomic E-state index is 0. The van der Waals surface area contributed by atoms with Gasteiger partial charge in [0.25, 0.3) is 0 Å². The zero-order valence-electron chi connectivity index (χ0n) is 5.30. The summed E-state index contributed by atoms with van der Waals surface area (Å²) in [5, 5.41) is 0. The van der Waals surface area contributed by atoms with Crippen LogP contribution in [0.1, 0.15) is 12.8 Å². The van der Waals surface area contributed by atoms with Gasteiger partial charge in [0.15, 0.2) is 0 Å². The van der Waals surface area contributed by atoms with Gasteiger partial charge in [0.2, 0.25) is 0 Å². The van der Waals surface area contributed by atoms with E-state index in [4.69, 9.17) is 0 Å². The summed E-state index contributed by atoms with van der Waals surface area (Å²) < 4.78 is 0. The fourth-order valence-corrected chi connectivity index (χ4v) is 1.38. The van der Waals surface area contributed by atoms with Crippen molar-refractivity contribution in [1.29, 1.82) is 0 Å². The fourth-order valence-electron chi connectivity index (χ4n) is 1.38. The average molecular weight is 153 g/mol. The van der Waals surface area contributed by atoms with Crippen LogP contribution in [-0.2, 0) is 21.7 Å². The predicted molar refractivity (Wildman–Crippen MR) is 34.2 cm³/mol. The van der Waals surface area contributed by atoms with Gasteiger partial charge in [-0.1, -0.05) is 18.8 Å². The minimum absolute atomic E-state index is 0. The maximum absolute atomic E-state index is 2.31. The van der Waals surface area contributed by atoms with Gasteiger partial charge in [-0.25, -0.2) is 0 Å². The molecule has 0 saturated carbocycles. The molecule has 9 heavy (non-hydrogen) atoms. The van der Waals surface area contributed by atoms with Crippen molar-refractivity contribution in [2.75, 3.05) is 0 Å². The molecule has 0 saturated heterocycles. The molecule has 0 nitrogen and oxygen atoms in total. The van der Waals surface area contributed by atoms with Gasteiger partial charge in [-0.15, -0.1) is 0 Å². The second kappa shape index (κ2) is 2.77. The fraction of sp³-hybridized carbons (Fsp3) is 0.375. The Kier molecular flexibility index (Phi) is 2.20. The molecule has 0 heterocycles. The largest absolute Gasteiger partial charge is 0.179 e. The number of allylic oxidation sites excluding steroid dienone is 4. The van der Waals surface area contributed by atoms with E-state index < -0.39 is 0 Å². The molecule has 2 bridgehead atoms. The molecule has 0 spiro atoms. The summed E-state index contributed by atoms with van der Waals surface area (Å²) in [7, 11) is 0. The first-order chi connectivity index (χ1) is 3.95. The molecular weight excluding hydrogens is 144 g/mol. The van der Waals surface area contributed by atoms with E-state index in [1.807, 2.05) is 0 Å². The smallest absolute Gasteiger partial charge is 0 e. The van der Waals surface area contributed by atoms with Crippen molar-refractivity contribution in [2.45, 2.75) is 12.8 Å². The quantitative estimate of drug-likeness (QED) is 0.369. The summed E-state index contributed by atoms with van der Waals surface area (Å²) in [5.41, 5.74) is 0. The van der Waals surface area contributed by atoms with Crippen LogP contribution < -0.4 is 0 Å². The first-order valence-corrected chi connectivity index (χ1v) is 3.16. The monoisotopic (exact) mass is 153 g/mol. The Morgan fingerprint density at radius 1 is 1.33 bits per heavy atom. The van der Waals surface area contributed by atoms with E-state index in [2.05, 4.69) is 24.3 Å².